The Morgan fingerprint density at radius 2 is 1.89 bits per heavy atom. The first kappa shape index (κ1) is 33.5. The molecule has 4 aromatic rings. The second-order valence-electron chi connectivity index (χ2n) is 10.6. The summed E-state index contributed by atoms with van der Waals surface area (Å²) in [6.07, 6.45) is -0.725. The van der Waals surface area contributed by atoms with Crippen molar-refractivity contribution in [2.45, 2.75) is 52.0 Å². The number of amides is 1. The Bertz CT molecular complexity index is 1680. The maximum absolute atomic E-state index is 13.9. The van der Waals surface area contributed by atoms with Crippen LogP contribution in [0.4, 0.5) is 18.9 Å². The van der Waals surface area contributed by atoms with Gasteiger partial charge in [0.2, 0.25) is 5.91 Å². The molecular weight excluding hydrogens is 621 g/mol. The third kappa shape index (κ3) is 9.30. The van der Waals surface area contributed by atoms with Gasteiger partial charge in [0.05, 0.1) is 29.9 Å². The van der Waals surface area contributed by atoms with Crippen LogP contribution in [0.2, 0.25) is 5.02 Å². The minimum atomic E-state index is -4.54. The van der Waals surface area contributed by atoms with E-state index >= 15 is 0 Å². The highest BCUT2D eigenvalue weighted by atomic mass is 35.5. The number of alkyl halides is 3. The molecule has 1 atom stereocenters. The number of hydrogen-bond acceptors (Lipinski definition) is 4. The third-order valence-corrected chi connectivity index (χ3v) is 8.04. The van der Waals surface area contributed by atoms with Gasteiger partial charge in [0.25, 0.3) is 0 Å². The standard InChI is InChI=1S/C33H32ClF3N6OS/c1-3-26(40-31(44)15-28-17-39-21-43(28)18-24-11-9-23(16-38)10-12-24)20-42(19-25-6-4-5-7-29(25)33(35,36)37)32(45)41-27-13-8-22(2)30(34)14-27/h4-14,17,21,26H,3,15,18-20H2,1-2H3,(H,40,44)(H,41,45)/t26-/m0/s1. The molecular formula is C33H32ClF3N6OS. The van der Waals surface area contributed by atoms with Crippen molar-refractivity contribution in [1.82, 2.24) is 19.8 Å². The van der Waals surface area contributed by atoms with Gasteiger partial charge in [0.1, 0.15) is 0 Å². The van der Waals surface area contributed by atoms with Crippen molar-refractivity contribution in [2.75, 3.05) is 11.9 Å². The van der Waals surface area contributed by atoms with Crippen molar-refractivity contribution in [2.24, 2.45) is 0 Å². The van der Waals surface area contributed by atoms with E-state index < -0.39 is 17.8 Å². The summed E-state index contributed by atoms with van der Waals surface area (Å²) in [4.78, 5) is 19.0. The van der Waals surface area contributed by atoms with Crippen molar-refractivity contribution in [1.29, 1.82) is 5.26 Å². The van der Waals surface area contributed by atoms with Crippen LogP contribution in [0.5, 0.6) is 0 Å². The zero-order valence-electron chi connectivity index (χ0n) is 24.7. The summed E-state index contributed by atoms with van der Waals surface area (Å²) in [5.74, 6) is -0.261. The maximum Gasteiger partial charge on any atom is 0.416 e. The van der Waals surface area contributed by atoms with Gasteiger partial charge in [0.15, 0.2) is 5.11 Å². The Morgan fingerprint density at radius 3 is 2.56 bits per heavy atom. The summed E-state index contributed by atoms with van der Waals surface area (Å²) >= 11 is 12.0. The van der Waals surface area contributed by atoms with Crippen LogP contribution in [0.3, 0.4) is 0 Å². The molecule has 45 heavy (non-hydrogen) atoms. The molecule has 2 N–H and O–H groups in total. The van der Waals surface area contributed by atoms with Crippen LogP contribution in [0, 0.1) is 18.3 Å². The van der Waals surface area contributed by atoms with Crippen molar-refractivity contribution in [3.05, 3.63) is 118 Å². The number of nitrogens with one attached hydrogen (secondary N) is 2. The zero-order valence-corrected chi connectivity index (χ0v) is 26.3. The Morgan fingerprint density at radius 1 is 1.16 bits per heavy atom. The number of carbonyl (C=O) groups excluding carboxylic acids is 1. The Kier molecular flexibility index (Phi) is 11.2. The third-order valence-electron chi connectivity index (χ3n) is 7.27. The highest BCUT2D eigenvalue weighted by molar-refractivity contribution is 7.80. The summed E-state index contributed by atoms with van der Waals surface area (Å²) in [6.45, 7) is 4.24. The summed E-state index contributed by atoms with van der Waals surface area (Å²) < 4.78 is 43.4. The van der Waals surface area contributed by atoms with Gasteiger partial charge in [-0.25, -0.2) is 4.98 Å². The second kappa shape index (κ2) is 15.1. The molecule has 0 aliphatic heterocycles. The molecule has 0 spiro atoms. The predicted octanol–water partition coefficient (Wildman–Crippen LogP) is 7.12. The van der Waals surface area contributed by atoms with E-state index in [1.54, 1.807) is 47.8 Å². The van der Waals surface area contributed by atoms with Gasteiger partial charge in [-0.3, -0.25) is 4.79 Å². The molecule has 234 valence electrons. The number of nitriles is 1. The normalized spacial score (nSPS) is 11.8. The molecule has 1 amide bonds. The molecule has 0 aliphatic carbocycles. The Balaban J connectivity index is 1.49. The monoisotopic (exact) mass is 652 g/mol. The van der Waals surface area contributed by atoms with Gasteiger partial charge >= 0.3 is 6.18 Å². The number of benzene rings is 3. The van der Waals surface area contributed by atoms with E-state index in [0.717, 1.165) is 17.2 Å². The Hall–Kier alpha value is -4.40. The number of imidazole rings is 1. The molecule has 0 fully saturated rings. The number of thiocarbonyl (C=S) groups is 1. The van der Waals surface area contributed by atoms with E-state index in [2.05, 4.69) is 21.7 Å². The summed E-state index contributed by atoms with van der Waals surface area (Å²) in [5, 5.41) is 15.9. The molecule has 0 saturated heterocycles. The number of halogens is 4. The van der Waals surface area contributed by atoms with Crippen LogP contribution >= 0.6 is 23.8 Å². The van der Waals surface area contributed by atoms with Gasteiger partial charge in [-0.2, -0.15) is 18.4 Å². The average Bonchev–Trinajstić information content (AvgIpc) is 3.44. The number of anilines is 1. The summed E-state index contributed by atoms with van der Waals surface area (Å²) in [6, 6.07) is 19.5. The first-order chi connectivity index (χ1) is 21.5. The first-order valence-electron chi connectivity index (χ1n) is 14.2. The minimum absolute atomic E-state index is 0.0498. The topological polar surface area (TPSA) is 86.0 Å². The lowest BCUT2D eigenvalue weighted by atomic mass is 10.1. The lowest BCUT2D eigenvalue weighted by Crippen LogP contribution is -2.47. The number of aromatic nitrogens is 2. The highest BCUT2D eigenvalue weighted by Gasteiger charge is 2.33. The van der Waals surface area contributed by atoms with Gasteiger partial charge in [-0.1, -0.05) is 54.9 Å². The van der Waals surface area contributed by atoms with Crippen molar-refractivity contribution in [3.63, 3.8) is 0 Å². The van der Waals surface area contributed by atoms with Crippen LogP contribution < -0.4 is 10.6 Å². The number of aryl methyl sites for hydroxylation is 1. The number of rotatable bonds is 11. The van der Waals surface area contributed by atoms with Crippen LogP contribution in [0.1, 0.15) is 46.9 Å². The molecule has 4 rings (SSSR count). The van der Waals surface area contributed by atoms with E-state index in [9.17, 15) is 18.0 Å². The fraction of sp³-hybridized carbons (Fsp3) is 0.273. The van der Waals surface area contributed by atoms with E-state index in [1.807, 2.05) is 36.6 Å². The first-order valence-corrected chi connectivity index (χ1v) is 15.0. The minimum Gasteiger partial charge on any atom is -0.351 e. The molecule has 0 aliphatic rings. The summed E-state index contributed by atoms with van der Waals surface area (Å²) in [7, 11) is 0. The predicted molar refractivity (Wildman–Crippen MR) is 173 cm³/mol. The van der Waals surface area contributed by atoms with E-state index in [-0.39, 0.29) is 36.1 Å². The Labute approximate surface area is 270 Å². The second-order valence-corrected chi connectivity index (χ2v) is 11.4. The molecule has 12 heteroatoms. The van der Waals surface area contributed by atoms with Crippen LogP contribution in [0.25, 0.3) is 0 Å². The zero-order chi connectivity index (χ0) is 32.6. The molecule has 1 heterocycles. The van der Waals surface area contributed by atoms with E-state index in [1.165, 1.54) is 12.1 Å². The number of hydrogen-bond donors (Lipinski definition) is 2. The quantitative estimate of drug-likeness (QED) is 0.168. The largest absolute Gasteiger partial charge is 0.416 e. The average molecular weight is 653 g/mol. The molecule has 0 bridgehead atoms. The molecule has 0 unspecified atom stereocenters. The molecule has 7 nitrogen and oxygen atoms in total. The smallest absolute Gasteiger partial charge is 0.351 e. The summed E-state index contributed by atoms with van der Waals surface area (Å²) in [5.41, 5.74) is 2.98. The highest BCUT2D eigenvalue weighted by Crippen LogP contribution is 2.32. The van der Waals surface area contributed by atoms with Gasteiger partial charge < -0.3 is 20.1 Å². The fourth-order valence-electron chi connectivity index (χ4n) is 4.74. The molecule has 3 aromatic carbocycles. The van der Waals surface area contributed by atoms with E-state index in [4.69, 9.17) is 29.1 Å². The van der Waals surface area contributed by atoms with Gasteiger partial charge in [0, 0.05) is 48.3 Å². The van der Waals surface area contributed by atoms with Crippen molar-refractivity contribution in [3.8, 4) is 6.07 Å². The van der Waals surface area contributed by atoms with Crippen molar-refractivity contribution >= 4 is 40.5 Å². The number of nitrogens with zero attached hydrogens (tertiary/aromatic N) is 4. The lowest BCUT2D eigenvalue weighted by molar-refractivity contribution is -0.138. The fourth-order valence-corrected chi connectivity index (χ4v) is 5.18. The van der Waals surface area contributed by atoms with Gasteiger partial charge in [-0.15, -0.1) is 0 Å². The van der Waals surface area contributed by atoms with Crippen molar-refractivity contribution < 1.29 is 18.0 Å². The molecule has 1 aromatic heterocycles. The maximum atomic E-state index is 13.9. The SMILES string of the molecule is CC[C@@H](CN(Cc1ccccc1C(F)(F)F)C(=S)Nc1ccc(C)c(Cl)c1)NC(=O)Cc1cncn1Cc1ccc(C#N)cc1. The van der Waals surface area contributed by atoms with Crippen LogP contribution in [-0.2, 0) is 30.5 Å². The number of carbonyl (C=O) groups is 1. The lowest BCUT2D eigenvalue weighted by Gasteiger charge is -2.31. The van der Waals surface area contributed by atoms with Crippen LogP contribution in [-0.4, -0.2) is 38.1 Å². The molecule has 0 radical (unpaired) electrons. The van der Waals surface area contributed by atoms with E-state index in [0.29, 0.717) is 34.9 Å². The van der Waals surface area contributed by atoms with Crippen LogP contribution in [0.15, 0.2) is 79.3 Å². The van der Waals surface area contributed by atoms with Gasteiger partial charge in [-0.05, 0) is 72.6 Å². The molecule has 0 saturated carbocycles.